The highest BCUT2D eigenvalue weighted by molar-refractivity contribution is 6.01. The van der Waals surface area contributed by atoms with Gasteiger partial charge in [0.15, 0.2) is 0 Å². The zero-order chi connectivity index (χ0) is 18.9. The van der Waals surface area contributed by atoms with E-state index in [1.807, 2.05) is 6.07 Å². The number of esters is 1. The lowest BCUT2D eigenvalue weighted by atomic mass is 9.71. The molecule has 136 valence electrons. The summed E-state index contributed by atoms with van der Waals surface area (Å²) in [5, 5.41) is 8.88. The number of hydrogen-bond acceptors (Lipinski definition) is 4. The largest absolute Gasteiger partial charge is 0.461 e. The molecule has 0 fully saturated rings. The first-order chi connectivity index (χ1) is 12.3. The molecule has 0 spiro atoms. The first-order valence-corrected chi connectivity index (χ1v) is 9.13. The number of nitrogens with zero attached hydrogens (tertiary/aromatic N) is 2. The monoisotopic (exact) mass is 351 g/mol. The number of allylic oxidation sites excluding steroid dienone is 1. The van der Waals surface area contributed by atoms with Crippen LogP contribution in [0.1, 0.15) is 61.4 Å². The molecule has 26 heavy (non-hydrogen) atoms. The van der Waals surface area contributed by atoms with Gasteiger partial charge in [-0.2, -0.15) is 5.26 Å². The molecule has 1 aliphatic rings. The Morgan fingerprint density at radius 2 is 2.27 bits per heavy atom. The number of nitriles is 1. The van der Waals surface area contributed by atoms with Crippen LogP contribution in [0.5, 0.6) is 0 Å². The third-order valence-corrected chi connectivity index (χ3v) is 5.20. The number of carbonyl (C=O) groups is 1. The lowest BCUT2D eigenvalue weighted by molar-refractivity contribution is 0.0520. The van der Waals surface area contributed by atoms with Crippen molar-refractivity contribution in [3.05, 3.63) is 34.7 Å². The van der Waals surface area contributed by atoms with E-state index in [9.17, 15) is 4.79 Å². The molecule has 0 aliphatic heterocycles. The molecule has 0 saturated heterocycles. The van der Waals surface area contributed by atoms with Crippen LogP contribution < -0.4 is 0 Å². The number of aromatic nitrogens is 2. The van der Waals surface area contributed by atoms with Crippen molar-refractivity contribution >= 4 is 23.1 Å². The van der Waals surface area contributed by atoms with E-state index in [-0.39, 0.29) is 5.41 Å². The van der Waals surface area contributed by atoms with Gasteiger partial charge in [0.2, 0.25) is 0 Å². The van der Waals surface area contributed by atoms with E-state index < -0.39 is 5.97 Å². The molecule has 1 atom stereocenters. The Bertz CT molecular complexity index is 910. The fourth-order valence-electron chi connectivity index (χ4n) is 3.67. The van der Waals surface area contributed by atoms with Crippen molar-refractivity contribution in [3.8, 4) is 6.07 Å². The summed E-state index contributed by atoms with van der Waals surface area (Å²) >= 11 is 0. The molecule has 5 nitrogen and oxygen atoms in total. The molecule has 1 N–H and O–H groups in total. The summed E-state index contributed by atoms with van der Waals surface area (Å²) < 4.78 is 5.15. The van der Waals surface area contributed by atoms with E-state index in [1.54, 1.807) is 13.0 Å². The molecule has 2 aromatic heterocycles. The number of pyridine rings is 1. The minimum atomic E-state index is -0.423. The summed E-state index contributed by atoms with van der Waals surface area (Å²) in [5.41, 5.74) is 5.14. The molecule has 1 unspecified atom stereocenters. The molecule has 2 aromatic rings. The standard InChI is InChI=1S/C21H25N3O2/c1-5-26-20(25)19-15(7-6-10-22)18-17(24-19)12-13-11-14(21(2,3)4)8-9-16(13)23-18/h6-7,12,14,24H,5,8-9,11H2,1-4H3/b7-6+. The maximum atomic E-state index is 12.3. The number of fused-ring (bicyclic) bond motifs is 2. The van der Waals surface area contributed by atoms with Crippen molar-refractivity contribution in [2.75, 3.05) is 6.61 Å². The second kappa shape index (κ2) is 6.95. The number of ether oxygens (including phenoxy) is 1. The van der Waals surface area contributed by atoms with E-state index in [4.69, 9.17) is 15.0 Å². The van der Waals surface area contributed by atoms with Crippen LogP contribution in [0.3, 0.4) is 0 Å². The molecule has 0 amide bonds. The Balaban J connectivity index is 2.11. The number of aryl methyl sites for hydroxylation is 1. The van der Waals surface area contributed by atoms with Crippen molar-refractivity contribution in [2.45, 2.75) is 47.0 Å². The summed E-state index contributed by atoms with van der Waals surface area (Å²) in [6.07, 6.45) is 6.05. The van der Waals surface area contributed by atoms with Gasteiger partial charge >= 0.3 is 5.97 Å². The van der Waals surface area contributed by atoms with E-state index >= 15 is 0 Å². The minimum absolute atomic E-state index is 0.263. The Hall–Kier alpha value is -2.61. The highest BCUT2D eigenvalue weighted by Crippen LogP contribution is 2.38. The predicted molar refractivity (Wildman–Crippen MR) is 102 cm³/mol. The van der Waals surface area contributed by atoms with Gasteiger partial charge in [0.25, 0.3) is 0 Å². The van der Waals surface area contributed by atoms with Crippen molar-refractivity contribution in [2.24, 2.45) is 11.3 Å². The molecule has 2 heterocycles. The van der Waals surface area contributed by atoms with E-state index in [2.05, 4.69) is 31.8 Å². The molecule has 0 radical (unpaired) electrons. The molecule has 3 rings (SSSR count). The molecular formula is C21H25N3O2. The quantitative estimate of drug-likeness (QED) is 0.655. The molecule has 0 aromatic carbocycles. The number of carbonyl (C=O) groups excluding carboxylic acids is 1. The highest BCUT2D eigenvalue weighted by atomic mass is 16.5. The summed E-state index contributed by atoms with van der Waals surface area (Å²) in [6.45, 7) is 8.93. The first-order valence-electron chi connectivity index (χ1n) is 9.13. The highest BCUT2D eigenvalue weighted by Gasteiger charge is 2.30. The summed E-state index contributed by atoms with van der Waals surface area (Å²) in [4.78, 5) is 20.3. The third kappa shape index (κ3) is 3.37. The topological polar surface area (TPSA) is 78.8 Å². The molecule has 5 heteroatoms. The lowest BCUT2D eigenvalue weighted by Gasteiger charge is -2.34. The fraction of sp³-hybridized carbons (Fsp3) is 0.476. The molecule has 1 aliphatic carbocycles. The van der Waals surface area contributed by atoms with Crippen molar-refractivity contribution in [3.63, 3.8) is 0 Å². The van der Waals surface area contributed by atoms with Crippen LogP contribution in [0.2, 0.25) is 0 Å². The van der Waals surface area contributed by atoms with Crippen molar-refractivity contribution < 1.29 is 9.53 Å². The summed E-state index contributed by atoms with van der Waals surface area (Å²) in [5.74, 6) is 0.195. The van der Waals surface area contributed by atoms with Gasteiger partial charge in [-0.3, -0.25) is 4.98 Å². The third-order valence-electron chi connectivity index (χ3n) is 5.20. The van der Waals surface area contributed by atoms with Gasteiger partial charge in [-0.15, -0.1) is 0 Å². The number of rotatable bonds is 3. The van der Waals surface area contributed by atoms with Crippen LogP contribution in [-0.2, 0) is 17.6 Å². The molecule has 0 saturated carbocycles. The normalized spacial score (nSPS) is 17.3. The molecular weight excluding hydrogens is 326 g/mol. The minimum Gasteiger partial charge on any atom is -0.461 e. The van der Waals surface area contributed by atoms with Crippen molar-refractivity contribution in [1.29, 1.82) is 5.26 Å². The predicted octanol–water partition coefficient (Wildman–Crippen LogP) is 4.43. The van der Waals surface area contributed by atoms with Crippen LogP contribution in [0, 0.1) is 22.7 Å². The number of hydrogen-bond donors (Lipinski definition) is 1. The van der Waals surface area contributed by atoms with E-state index in [1.165, 1.54) is 11.6 Å². The maximum Gasteiger partial charge on any atom is 0.355 e. The average molecular weight is 351 g/mol. The van der Waals surface area contributed by atoms with Crippen LogP contribution in [0.4, 0.5) is 0 Å². The smallest absolute Gasteiger partial charge is 0.355 e. The van der Waals surface area contributed by atoms with Crippen LogP contribution >= 0.6 is 0 Å². The summed E-state index contributed by atoms with van der Waals surface area (Å²) in [6, 6.07) is 4.09. The van der Waals surface area contributed by atoms with Gasteiger partial charge in [0, 0.05) is 17.3 Å². The Labute approximate surface area is 154 Å². The van der Waals surface area contributed by atoms with Gasteiger partial charge in [-0.1, -0.05) is 20.8 Å². The number of H-pyrrole nitrogens is 1. The molecule has 0 bridgehead atoms. The van der Waals surface area contributed by atoms with Gasteiger partial charge < -0.3 is 9.72 Å². The van der Waals surface area contributed by atoms with Crippen molar-refractivity contribution in [1.82, 2.24) is 9.97 Å². The van der Waals surface area contributed by atoms with E-state index in [0.717, 1.165) is 36.0 Å². The van der Waals surface area contributed by atoms with Crippen LogP contribution in [0.25, 0.3) is 17.1 Å². The van der Waals surface area contributed by atoms with Gasteiger partial charge in [0.05, 0.1) is 23.7 Å². The van der Waals surface area contributed by atoms with E-state index in [0.29, 0.717) is 23.8 Å². The second-order valence-corrected chi connectivity index (χ2v) is 7.89. The zero-order valence-electron chi connectivity index (χ0n) is 15.8. The Morgan fingerprint density at radius 3 is 2.92 bits per heavy atom. The van der Waals surface area contributed by atoms with Gasteiger partial charge in [-0.25, -0.2) is 4.79 Å². The first kappa shape index (κ1) is 18.2. The van der Waals surface area contributed by atoms with Gasteiger partial charge in [-0.05, 0) is 55.2 Å². The Morgan fingerprint density at radius 1 is 1.50 bits per heavy atom. The van der Waals surface area contributed by atoms with Gasteiger partial charge in [0.1, 0.15) is 5.69 Å². The average Bonchev–Trinajstić information content (AvgIpc) is 2.94. The van der Waals surface area contributed by atoms with Crippen LogP contribution in [0.15, 0.2) is 12.1 Å². The number of nitrogens with one attached hydrogen (secondary N) is 1. The zero-order valence-corrected chi connectivity index (χ0v) is 15.8. The summed E-state index contributed by atoms with van der Waals surface area (Å²) in [7, 11) is 0. The fourth-order valence-corrected chi connectivity index (χ4v) is 3.67. The van der Waals surface area contributed by atoms with Crippen LogP contribution in [-0.4, -0.2) is 22.5 Å². The lowest BCUT2D eigenvalue weighted by Crippen LogP contribution is -2.27. The Kier molecular flexibility index (Phi) is 4.86. The maximum absolute atomic E-state index is 12.3. The number of aromatic amines is 1. The second-order valence-electron chi connectivity index (χ2n) is 7.89. The SMILES string of the molecule is CCOC(=O)c1[nH]c2cc3c(nc2c1/C=C/C#N)CCC(C(C)(C)C)C3.